The van der Waals surface area contributed by atoms with Crippen molar-refractivity contribution in [2.24, 2.45) is 0 Å². The van der Waals surface area contributed by atoms with Crippen LogP contribution in [0.5, 0.6) is 11.5 Å². The van der Waals surface area contributed by atoms with Gasteiger partial charge in [0.2, 0.25) is 0 Å². The predicted octanol–water partition coefficient (Wildman–Crippen LogP) is 8.04. The summed E-state index contributed by atoms with van der Waals surface area (Å²) in [5.41, 5.74) is 2.58. The molecule has 0 spiro atoms. The molecule has 2 aromatic rings. The molecule has 200 valence electrons. The number of nitrogens with one attached hydrogen (secondary N) is 2. The first-order valence-corrected chi connectivity index (χ1v) is 15.1. The van der Waals surface area contributed by atoms with Crippen molar-refractivity contribution in [2.45, 2.75) is 129 Å². The number of benzene rings is 2. The summed E-state index contributed by atoms with van der Waals surface area (Å²) in [7, 11) is 0. The van der Waals surface area contributed by atoms with Crippen LogP contribution < -0.4 is 20.1 Å². The average Bonchev–Trinajstić information content (AvgIpc) is 2.93. The van der Waals surface area contributed by atoms with Gasteiger partial charge in [-0.15, -0.1) is 0 Å². The molecule has 2 aliphatic carbocycles. The zero-order valence-corrected chi connectivity index (χ0v) is 23.0. The van der Waals surface area contributed by atoms with Gasteiger partial charge in [-0.25, -0.2) is 0 Å². The van der Waals surface area contributed by atoms with Crippen molar-refractivity contribution in [1.29, 1.82) is 0 Å². The van der Waals surface area contributed by atoms with Crippen LogP contribution in [0.15, 0.2) is 24.3 Å². The van der Waals surface area contributed by atoms with Gasteiger partial charge in [-0.2, -0.15) is 0 Å². The second kappa shape index (κ2) is 14.8. The first-order valence-electron chi connectivity index (χ1n) is 15.1. The van der Waals surface area contributed by atoms with E-state index in [4.69, 9.17) is 9.47 Å². The number of ether oxygens (including phenoxy) is 2. The maximum atomic E-state index is 6.52. The fourth-order valence-corrected chi connectivity index (χ4v) is 5.85. The number of fused-ring (bicyclic) bond motifs is 1. The van der Waals surface area contributed by atoms with Gasteiger partial charge < -0.3 is 20.1 Å². The first-order chi connectivity index (χ1) is 17.8. The Hall–Kier alpha value is -1.78. The zero-order valence-electron chi connectivity index (χ0n) is 23.0. The van der Waals surface area contributed by atoms with Gasteiger partial charge in [-0.1, -0.05) is 77.3 Å². The predicted molar refractivity (Wildman–Crippen MR) is 152 cm³/mol. The second-order valence-electron chi connectivity index (χ2n) is 11.0. The molecule has 2 aromatic carbocycles. The lowest BCUT2D eigenvalue weighted by Crippen LogP contribution is -2.31. The summed E-state index contributed by atoms with van der Waals surface area (Å²) in [6.45, 7) is 7.74. The summed E-state index contributed by atoms with van der Waals surface area (Å²) in [6, 6.07) is 10.3. The molecule has 36 heavy (non-hydrogen) atoms. The molecule has 0 amide bonds. The van der Waals surface area contributed by atoms with E-state index < -0.39 is 0 Å². The normalized spacial score (nSPS) is 17.5. The van der Waals surface area contributed by atoms with E-state index in [1.807, 2.05) is 0 Å². The Labute approximate surface area is 219 Å². The highest BCUT2D eigenvalue weighted by Crippen LogP contribution is 2.37. The van der Waals surface area contributed by atoms with Gasteiger partial charge in [0.05, 0.1) is 13.2 Å². The molecule has 2 saturated carbocycles. The Morgan fingerprint density at radius 2 is 1.25 bits per heavy atom. The molecule has 2 aliphatic rings. The minimum Gasteiger partial charge on any atom is -0.493 e. The Balaban J connectivity index is 1.62. The minimum absolute atomic E-state index is 0.622. The summed E-state index contributed by atoms with van der Waals surface area (Å²) in [5, 5.41) is 10.2. The van der Waals surface area contributed by atoms with Gasteiger partial charge in [-0.05, 0) is 56.0 Å². The highest BCUT2D eigenvalue weighted by molar-refractivity contribution is 5.93. The van der Waals surface area contributed by atoms with E-state index in [1.165, 1.54) is 86.1 Å². The lowest BCUT2D eigenvalue weighted by Gasteiger charge is -2.25. The maximum absolute atomic E-state index is 6.52. The van der Waals surface area contributed by atoms with Crippen LogP contribution in [0.1, 0.15) is 115 Å². The summed E-state index contributed by atoms with van der Waals surface area (Å²) < 4.78 is 12.8. The standard InChI is InChI=1S/C32H50N2O2/c1-3-5-21-35-31-20-19-29-28(30(31)24-34-27-15-11-8-12-16-27)18-17-25(32(29)36-22-6-4-2)23-33-26-13-9-7-10-14-26/h17-20,26-27,33-34H,3-16,21-24H2,1-2H3. The van der Waals surface area contributed by atoms with Crippen LogP contribution in [0.4, 0.5) is 0 Å². The molecule has 2 N–H and O–H groups in total. The molecule has 4 heteroatoms. The fraction of sp³-hybridized carbons (Fsp3) is 0.688. The molecular weight excluding hydrogens is 444 g/mol. The van der Waals surface area contributed by atoms with Crippen LogP contribution in [0.25, 0.3) is 10.8 Å². The molecule has 0 bridgehead atoms. The molecule has 2 fully saturated rings. The van der Waals surface area contributed by atoms with Crippen LogP contribution in [-0.4, -0.2) is 25.3 Å². The van der Waals surface area contributed by atoms with E-state index in [0.29, 0.717) is 12.1 Å². The van der Waals surface area contributed by atoms with Gasteiger partial charge in [0.1, 0.15) is 11.5 Å². The number of rotatable bonds is 14. The summed E-state index contributed by atoms with van der Waals surface area (Å²) in [4.78, 5) is 0. The van der Waals surface area contributed by atoms with Crippen LogP contribution in [0.2, 0.25) is 0 Å². The SMILES string of the molecule is CCCCOc1ccc2c(OCCCC)c(CNC3CCCCC3)ccc2c1CNC1CCCCC1. The zero-order chi connectivity index (χ0) is 25.0. The summed E-state index contributed by atoms with van der Waals surface area (Å²) >= 11 is 0. The monoisotopic (exact) mass is 494 g/mol. The van der Waals surface area contributed by atoms with Crippen molar-refractivity contribution < 1.29 is 9.47 Å². The van der Waals surface area contributed by atoms with Crippen LogP contribution in [-0.2, 0) is 13.1 Å². The Morgan fingerprint density at radius 3 is 1.89 bits per heavy atom. The van der Waals surface area contributed by atoms with Gasteiger partial charge in [0.15, 0.2) is 0 Å². The highest BCUT2D eigenvalue weighted by Gasteiger charge is 2.19. The van der Waals surface area contributed by atoms with E-state index in [1.54, 1.807) is 0 Å². The van der Waals surface area contributed by atoms with Crippen molar-refractivity contribution in [3.8, 4) is 11.5 Å². The Kier molecular flexibility index (Phi) is 11.2. The van der Waals surface area contributed by atoms with Crippen molar-refractivity contribution in [3.63, 3.8) is 0 Å². The minimum atomic E-state index is 0.622. The number of unbranched alkanes of at least 4 members (excludes halogenated alkanes) is 2. The number of hydrogen-bond donors (Lipinski definition) is 2. The molecule has 0 aliphatic heterocycles. The van der Waals surface area contributed by atoms with E-state index >= 15 is 0 Å². The van der Waals surface area contributed by atoms with Crippen LogP contribution >= 0.6 is 0 Å². The Bertz CT molecular complexity index is 916. The summed E-state index contributed by atoms with van der Waals surface area (Å²) in [6.07, 6.45) is 17.8. The lowest BCUT2D eigenvalue weighted by atomic mass is 9.94. The molecule has 0 radical (unpaired) electrons. The van der Waals surface area contributed by atoms with Crippen molar-refractivity contribution in [1.82, 2.24) is 10.6 Å². The molecule has 0 heterocycles. The van der Waals surface area contributed by atoms with E-state index in [-0.39, 0.29) is 0 Å². The van der Waals surface area contributed by atoms with Gasteiger partial charge in [0.25, 0.3) is 0 Å². The molecule has 4 rings (SSSR count). The topological polar surface area (TPSA) is 42.5 Å². The molecular formula is C32H50N2O2. The maximum Gasteiger partial charge on any atom is 0.131 e. The highest BCUT2D eigenvalue weighted by atomic mass is 16.5. The van der Waals surface area contributed by atoms with E-state index in [0.717, 1.165) is 63.5 Å². The number of hydrogen-bond acceptors (Lipinski definition) is 4. The fourth-order valence-electron chi connectivity index (χ4n) is 5.85. The van der Waals surface area contributed by atoms with Gasteiger partial charge in [0, 0.05) is 41.7 Å². The first kappa shape index (κ1) is 27.3. The van der Waals surface area contributed by atoms with Crippen molar-refractivity contribution in [2.75, 3.05) is 13.2 Å². The summed E-state index contributed by atoms with van der Waals surface area (Å²) in [5.74, 6) is 2.11. The van der Waals surface area contributed by atoms with Crippen LogP contribution in [0, 0.1) is 0 Å². The molecule has 0 atom stereocenters. The Morgan fingerprint density at radius 1 is 0.667 bits per heavy atom. The van der Waals surface area contributed by atoms with Gasteiger partial charge in [-0.3, -0.25) is 0 Å². The third-order valence-electron chi connectivity index (χ3n) is 8.16. The molecule has 0 unspecified atom stereocenters. The largest absolute Gasteiger partial charge is 0.493 e. The third-order valence-corrected chi connectivity index (χ3v) is 8.16. The van der Waals surface area contributed by atoms with Gasteiger partial charge >= 0.3 is 0 Å². The van der Waals surface area contributed by atoms with E-state index in [9.17, 15) is 0 Å². The lowest BCUT2D eigenvalue weighted by molar-refractivity contribution is 0.303. The smallest absolute Gasteiger partial charge is 0.131 e. The average molecular weight is 495 g/mol. The quantitative estimate of drug-likeness (QED) is 0.261. The second-order valence-corrected chi connectivity index (χ2v) is 11.0. The molecule has 0 aromatic heterocycles. The van der Waals surface area contributed by atoms with Crippen LogP contribution in [0.3, 0.4) is 0 Å². The molecule has 0 saturated heterocycles. The third kappa shape index (κ3) is 7.61. The van der Waals surface area contributed by atoms with E-state index in [2.05, 4.69) is 48.7 Å². The van der Waals surface area contributed by atoms with Crippen molar-refractivity contribution >= 4 is 10.8 Å². The van der Waals surface area contributed by atoms with Crippen molar-refractivity contribution in [3.05, 3.63) is 35.4 Å². The molecule has 4 nitrogen and oxygen atoms in total.